The Balaban J connectivity index is 1.84. The minimum absolute atomic E-state index is 0.231. The molecule has 1 aromatic carbocycles. The van der Waals surface area contributed by atoms with E-state index >= 15 is 0 Å². The molecule has 1 aromatic heterocycles. The van der Waals surface area contributed by atoms with E-state index in [0.29, 0.717) is 11.8 Å². The van der Waals surface area contributed by atoms with E-state index in [0.717, 1.165) is 25.2 Å². The second-order valence-corrected chi connectivity index (χ2v) is 4.72. The summed E-state index contributed by atoms with van der Waals surface area (Å²) in [5, 5.41) is 7.66. The molecule has 1 aliphatic heterocycles. The van der Waals surface area contributed by atoms with Crippen LogP contribution in [0.15, 0.2) is 30.5 Å². The Bertz CT molecular complexity index is 576. The van der Waals surface area contributed by atoms with Crippen molar-refractivity contribution in [2.24, 2.45) is 0 Å². The number of halogens is 1. The molecule has 0 bridgehead atoms. The number of benzene rings is 1. The monoisotopic (exact) mass is 261 g/mol. The van der Waals surface area contributed by atoms with Crippen molar-refractivity contribution in [2.45, 2.75) is 19.4 Å². The Morgan fingerprint density at radius 2 is 2.21 bits per heavy atom. The predicted molar refractivity (Wildman–Crippen MR) is 70.0 cm³/mol. The first-order valence-electron chi connectivity index (χ1n) is 6.43. The first kappa shape index (κ1) is 12.2. The van der Waals surface area contributed by atoms with Crippen molar-refractivity contribution in [1.29, 1.82) is 0 Å². The third-order valence-electron chi connectivity index (χ3n) is 3.44. The quantitative estimate of drug-likeness (QED) is 0.923. The SMILES string of the molecule is Cc1c(Oc2ccccc2F)cnn1C1CCNC1. The van der Waals surface area contributed by atoms with Crippen LogP contribution in [0.3, 0.4) is 0 Å². The van der Waals surface area contributed by atoms with Crippen LogP contribution < -0.4 is 10.1 Å². The molecule has 5 heteroatoms. The second-order valence-electron chi connectivity index (χ2n) is 4.72. The Morgan fingerprint density at radius 1 is 1.37 bits per heavy atom. The van der Waals surface area contributed by atoms with Crippen LogP contribution in [0, 0.1) is 12.7 Å². The summed E-state index contributed by atoms with van der Waals surface area (Å²) >= 11 is 0. The third-order valence-corrected chi connectivity index (χ3v) is 3.44. The first-order chi connectivity index (χ1) is 9.25. The molecule has 3 rings (SSSR count). The van der Waals surface area contributed by atoms with Crippen LogP contribution in [-0.2, 0) is 0 Å². The Labute approximate surface area is 111 Å². The molecule has 1 N–H and O–H groups in total. The largest absolute Gasteiger partial charge is 0.451 e. The van der Waals surface area contributed by atoms with Gasteiger partial charge in [-0.1, -0.05) is 12.1 Å². The lowest BCUT2D eigenvalue weighted by atomic mass is 10.2. The summed E-state index contributed by atoms with van der Waals surface area (Å²) in [5.41, 5.74) is 0.928. The molecular weight excluding hydrogens is 245 g/mol. The summed E-state index contributed by atoms with van der Waals surface area (Å²) < 4.78 is 21.1. The zero-order valence-electron chi connectivity index (χ0n) is 10.8. The van der Waals surface area contributed by atoms with E-state index < -0.39 is 0 Å². The number of aromatic nitrogens is 2. The lowest BCUT2D eigenvalue weighted by Gasteiger charge is -2.12. The number of nitrogens with zero attached hydrogens (tertiary/aromatic N) is 2. The molecule has 19 heavy (non-hydrogen) atoms. The third kappa shape index (κ3) is 2.33. The fourth-order valence-electron chi connectivity index (χ4n) is 2.37. The standard InChI is InChI=1S/C14H16FN3O/c1-10-14(19-13-5-3-2-4-12(13)15)9-17-18(10)11-6-7-16-8-11/h2-5,9,11,16H,6-8H2,1H3. The lowest BCUT2D eigenvalue weighted by molar-refractivity contribution is 0.431. The summed E-state index contributed by atoms with van der Waals surface area (Å²) in [6.07, 6.45) is 2.71. The molecule has 1 atom stereocenters. The highest BCUT2D eigenvalue weighted by molar-refractivity contribution is 5.33. The van der Waals surface area contributed by atoms with Crippen molar-refractivity contribution in [2.75, 3.05) is 13.1 Å². The van der Waals surface area contributed by atoms with Gasteiger partial charge >= 0.3 is 0 Å². The topological polar surface area (TPSA) is 39.1 Å². The summed E-state index contributed by atoms with van der Waals surface area (Å²) in [6, 6.07) is 6.75. The highest BCUT2D eigenvalue weighted by Crippen LogP contribution is 2.29. The number of para-hydroxylation sites is 1. The van der Waals surface area contributed by atoms with E-state index in [4.69, 9.17) is 4.74 Å². The van der Waals surface area contributed by atoms with Crippen molar-refractivity contribution in [3.63, 3.8) is 0 Å². The molecule has 100 valence electrons. The van der Waals surface area contributed by atoms with Crippen LogP contribution in [0.4, 0.5) is 4.39 Å². The summed E-state index contributed by atoms with van der Waals surface area (Å²) in [6.45, 7) is 3.87. The number of hydrogen-bond acceptors (Lipinski definition) is 3. The summed E-state index contributed by atoms with van der Waals surface area (Å²) in [5.74, 6) is 0.476. The number of nitrogens with one attached hydrogen (secondary N) is 1. The highest BCUT2D eigenvalue weighted by Gasteiger charge is 2.21. The molecule has 4 nitrogen and oxygen atoms in total. The van der Waals surface area contributed by atoms with Gasteiger partial charge in [0.25, 0.3) is 0 Å². The van der Waals surface area contributed by atoms with Crippen LogP contribution in [0.25, 0.3) is 0 Å². The van der Waals surface area contributed by atoms with E-state index in [1.54, 1.807) is 24.4 Å². The van der Waals surface area contributed by atoms with Crippen LogP contribution in [0.1, 0.15) is 18.2 Å². The zero-order valence-corrected chi connectivity index (χ0v) is 10.8. The first-order valence-corrected chi connectivity index (χ1v) is 6.43. The van der Waals surface area contributed by atoms with E-state index in [9.17, 15) is 4.39 Å². The smallest absolute Gasteiger partial charge is 0.168 e. The van der Waals surface area contributed by atoms with Crippen molar-refractivity contribution in [3.8, 4) is 11.5 Å². The van der Waals surface area contributed by atoms with Gasteiger partial charge in [0, 0.05) is 6.54 Å². The van der Waals surface area contributed by atoms with Crippen LogP contribution in [0.5, 0.6) is 11.5 Å². The van der Waals surface area contributed by atoms with Crippen molar-refractivity contribution < 1.29 is 9.13 Å². The van der Waals surface area contributed by atoms with Gasteiger partial charge in [-0.15, -0.1) is 0 Å². The molecule has 2 aromatic rings. The average molecular weight is 261 g/mol. The van der Waals surface area contributed by atoms with Gasteiger partial charge < -0.3 is 10.1 Å². The van der Waals surface area contributed by atoms with Crippen molar-refractivity contribution >= 4 is 0 Å². The maximum Gasteiger partial charge on any atom is 0.168 e. The van der Waals surface area contributed by atoms with Gasteiger partial charge in [-0.3, -0.25) is 4.68 Å². The highest BCUT2D eigenvalue weighted by atomic mass is 19.1. The number of ether oxygens (including phenoxy) is 1. The van der Waals surface area contributed by atoms with Gasteiger partial charge in [-0.25, -0.2) is 4.39 Å². The molecule has 0 spiro atoms. The molecule has 1 saturated heterocycles. The van der Waals surface area contributed by atoms with Crippen LogP contribution >= 0.6 is 0 Å². The van der Waals surface area contributed by atoms with Gasteiger partial charge in [0.05, 0.1) is 17.9 Å². The van der Waals surface area contributed by atoms with Crippen LogP contribution in [0.2, 0.25) is 0 Å². The molecule has 1 fully saturated rings. The van der Waals surface area contributed by atoms with E-state index in [2.05, 4.69) is 10.4 Å². The fourth-order valence-corrected chi connectivity index (χ4v) is 2.37. The Kier molecular flexibility index (Phi) is 3.21. The normalized spacial score (nSPS) is 18.7. The van der Waals surface area contributed by atoms with E-state index in [-0.39, 0.29) is 11.6 Å². The minimum atomic E-state index is -0.364. The van der Waals surface area contributed by atoms with E-state index in [1.807, 2.05) is 11.6 Å². The molecule has 2 heterocycles. The average Bonchev–Trinajstić information content (AvgIpc) is 3.03. The van der Waals surface area contributed by atoms with Gasteiger partial charge in [0.2, 0.25) is 0 Å². The van der Waals surface area contributed by atoms with Gasteiger partial charge in [-0.2, -0.15) is 5.10 Å². The lowest BCUT2D eigenvalue weighted by Crippen LogP contribution is -2.15. The molecule has 1 unspecified atom stereocenters. The fraction of sp³-hybridized carbons (Fsp3) is 0.357. The molecule has 1 aliphatic rings. The zero-order chi connectivity index (χ0) is 13.2. The summed E-state index contributed by atoms with van der Waals surface area (Å²) in [7, 11) is 0. The predicted octanol–water partition coefficient (Wildman–Crippen LogP) is 2.66. The summed E-state index contributed by atoms with van der Waals surface area (Å²) in [4.78, 5) is 0. The second kappa shape index (κ2) is 5.01. The molecule has 0 amide bonds. The van der Waals surface area contributed by atoms with Gasteiger partial charge in [-0.05, 0) is 32.0 Å². The van der Waals surface area contributed by atoms with Crippen molar-refractivity contribution in [1.82, 2.24) is 15.1 Å². The van der Waals surface area contributed by atoms with Gasteiger partial charge in [0.1, 0.15) is 0 Å². The van der Waals surface area contributed by atoms with Gasteiger partial charge in [0.15, 0.2) is 17.3 Å². The molecule has 0 aliphatic carbocycles. The Hall–Kier alpha value is -1.88. The number of hydrogen-bond donors (Lipinski definition) is 1. The van der Waals surface area contributed by atoms with Crippen LogP contribution in [-0.4, -0.2) is 22.9 Å². The minimum Gasteiger partial charge on any atom is -0.451 e. The van der Waals surface area contributed by atoms with Crippen molar-refractivity contribution in [3.05, 3.63) is 42.0 Å². The number of rotatable bonds is 3. The Morgan fingerprint density at radius 3 is 2.95 bits per heavy atom. The maximum atomic E-state index is 13.6. The maximum absolute atomic E-state index is 13.6. The molecule has 0 radical (unpaired) electrons. The molecule has 0 saturated carbocycles. The van der Waals surface area contributed by atoms with E-state index in [1.165, 1.54) is 6.07 Å². The molecular formula is C14H16FN3O.